The molecule has 110 valence electrons. The van der Waals surface area contributed by atoms with Crippen LogP contribution in [0.3, 0.4) is 0 Å². The Morgan fingerprint density at radius 1 is 1.30 bits per heavy atom. The van der Waals surface area contributed by atoms with Crippen LogP contribution < -0.4 is 5.32 Å². The van der Waals surface area contributed by atoms with Gasteiger partial charge in [0.1, 0.15) is 0 Å². The van der Waals surface area contributed by atoms with Crippen molar-refractivity contribution in [3.8, 4) is 0 Å². The number of amides is 1. The number of hydrogen-bond acceptors (Lipinski definition) is 2. The van der Waals surface area contributed by atoms with Gasteiger partial charge in [-0.05, 0) is 51.8 Å². The molecule has 0 spiro atoms. The summed E-state index contributed by atoms with van der Waals surface area (Å²) in [5, 5.41) is 3.15. The van der Waals surface area contributed by atoms with Crippen molar-refractivity contribution in [3.05, 3.63) is 34.3 Å². The summed E-state index contributed by atoms with van der Waals surface area (Å²) in [6.07, 6.45) is 2.05. The van der Waals surface area contributed by atoms with Crippen molar-refractivity contribution in [2.75, 3.05) is 13.1 Å². The molecule has 0 atom stereocenters. The summed E-state index contributed by atoms with van der Waals surface area (Å²) in [4.78, 5) is 14.7. The lowest BCUT2D eigenvalue weighted by atomic mass is 9.98. The van der Waals surface area contributed by atoms with Crippen molar-refractivity contribution in [3.63, 3.8) is 0 Å². The van der Waals surface area contributed by atoms with Gasteiger partial charge in [-0.3, -0.25) is 9.69 Å². The van der Waals surface area contributed by atoms with Crippen LogP contribution in [0.4, 0.5) is 0 Å². The van der Waals surface area contributed by atoms with Crippen LogP contribution in [-0.2, 0) is 0 Å². The number of nitrogens with zero attached hydrogens (tertiary/aromatic N) is 1. The van der Waals surface area contributed by atoms with E-state index in [2.05, 4.69) is 46.9 Å². The van der Waals surface area contributed by atoms with Crippen LogP contribution in [-0.4, -0.2) is 35.5 Å². The molecule has 0 saturated carbocycles. The third-order valence-corrected chi connectivity index (χ3v) is 4.36. The van der Waals surface area contributed by atoms with Gasteiger partial charge in [-0.15, -0.1) is 0 Å². The molecule has 1 N–H and O–H groups in total. The predicted octanol–water partition coefficient (Wildman–Crippen LogP) is 3.44. The lowest BCUT2D eigenvalue weighted by Crippen LogP contribution is -2.50. The largest absolute Gasteiger partial charge is 0.349 e. The highest BCUT2D eigenvalue weighted by atomic mass is 79.9. The SMILES string of the molecule is CC(C)(C)N1CCC(NC(=O)c2cccc(Br)c2)CC1. The number of likely N-dealkylation sites (tertiary alicyclic amines) is 1. The summed E-state index contributed by atoms with van der Waals surface area (Å²) in [6, 6.07) is 7.82. The normalized spacial score (nSPS) is 18.0. The Kier molecular flexibility index (Phi) is 4.86. The van der Waals surface area contributed by atoms with E-state index in [1.54, 1.807) is 0 Å². The number of nitrogens with one attached hydrogen (secondary N) is 1. The van der Waals surface area contributed by atoms with E-state index in [0.29, 0.717) is 6.04 Å². The van der Waals surface area contributed by atoms with Crippen molar-refractivity contribution in [1.82, 2.24) is 10.2 Å². The Balaban J connectivity index is 1.88. The third kappa shape index (κ3) is 4.06. The zero-order chi connectivity index (χ0) is 14.8. The van der Waals surface area contributed by atoms with E-state index in [9.17, 15) is 4.79 Å². The molecule has 1 aromatic rings. The molecule has 1 saturated heterocycles. The highest BCUT2D eigenvalue weighted by Crippen LogP contribution is 2.20. The van der Waals surface area contributed by atoms with Crippen molar-refractivity contribution >= 4 is 21.8 Å². The molecule has 1 aliphatic heterocycles. The Bertz CT molecular complexity index is 474. The summed E-state index contributed by atoms with van der Waals surface area (Å²) in [5.41, 5.74) is 0.942. The fraction of sp³-hybridized carbons (Fsp3) is 0.562. The van der Waals surface area contributed by atoms with Crippen LogP contribution in [0.2, 0.25) is 0 Å². The smallest absolute Gasteiger partial charge is 0.251 e. The van der Waals surface area contributed by atoms with Gasteiger partial charge in [0.15, 0.2) is 0 Å². The van der Waals surface area contributed by atoms with E-state index in [0.717, 1.165) is 36.0 Å². The first-order valence-electron chi connectivity index (χ1n) is 7.18. The minimum absolute atomic E-state index is 0.0282. The van der Waals surface area contributed by atoms with Crippen molar-refractivity contribution < 1.29 is 4.79 Å². The monoisotopic (exact) mass is 338 g/mol. The van der Waals surface area contributed by atoms with Crippen LogP contribution in [0.15, 0.2) is 28.7 Å². The number of rotatable bonds is 2. The summed E-state index contributed by atoms with van der Waals surface area (Å²) in [6.45, 7) is 8.83. The van der Waals surface area contributed by atoms with Gasteiger partial charge >= 0.3 is 0 Å². The molecule has 1 aromatic carbocycles. The molecule has 2 rings (SSSR count). The number of piperidine rings is 1. The summed E-state index contributed by atoms with van der Waals surface area (Å²) in [7, 11) is 0. The van der Waals surface area contributed by atoms with E-state index < -0.39 is 0 Å². The van der Waals surface area contributed by atoms with E-state index in [-0.39, 0.29) is 11.4 Å². The third-order valence-electron chi connectivity index (χ3n) is 3.87. The second-order valence-electron chi connectivity index (χ2n) is 6.42. The maximum absolute atomic E-state index is 12.2. The van der Waals surface area contributed by atoms with Gasteiger partial charge in [-0.25, -0.2) is 0 Å². The van der Waals surface area contributed by atoms with Gasteiger partial charge in [0, 0.05) is 34.7 Å². The molecule has 1 amide bonds. The number of hydrogen-bond donors (Lipinski definition) is 1. The second kappa shape index (κ2) is 6.27. The predicted molar refractivity (Wildman–Crippen MR) is 86.0 cm³/mol. The number of halogens is 1. The zero-order valence-corrected chi connectivity index (χ0v) is 14.0. The molecular weight excluding hydrogens is 316 g/mol. The van der Waals surface area contributed by atoms with Crippen LogP contribution in [0.25, 0.3) is 0 Å². The highest BCUT2D eigenvalue weighted by Gasteiger charge is 2.27. The average Bonchev–Trinajstić information content (AvgIpc) is 2.38. The van der Waals surface area contributed by atoms with Crippen molar-refractivity contribution in [1.29, 1.82) is 0 Å². The molecule has 4 heteroatoms. The first-order chi connectivity index (χ1) is 9.36. The zero-order valence-electron chi connectivity index (χ0n) is 12.4. The summed E-state index contributed by atoms with van der Waals surface area (Å²) >= 11 is 3.40. The quantitative estimate of drug-likeness (QED) is 0.895. The van der Waals surface area contributed by atoms with Crippen LogP contribution >= 0.6 is 15.9 Å². The molecule has 0 unspecified atom stereocenters. The van der Waals surface area contributed by atoms with Crippen LogP contribution in [0.1, 0.15) is 44.0 Å². The maximum Gasteiger partial charge on any atom is 0.251 e. The van der Waals surface area contributed by atoms with Gasteiger partial charge in [-0.1, -0.05) is 22.0 Å². The maximum atomic E-state index is 12.2. The van der Waals surface area contributed by atoms with E-state index >= 15 is 0 Å². The molecule has 1 fully saturated rings. The number of carbonyl (C=O) groups excluding carboxylic acids is 1. The Labute approximate surface area is 129 Å². The second-order valence-corrected chi connectivity index (χ2v) is 7.33. The Morgan fingerprint density at radius 3 is 2.50 bits per heavy atom. The highest BCUT2D eigenvalue weighted by molar-refractivity contribution is 9.10. The van der Waals surface area contributed by atoms with Gasteiger partial charge in [-0.2, -0.15) is 0 Å². The van der Waals surface area contributed by atoms with Gasteiger partial charge in [0.2, 0.25) is 0 Å². The molecule has 0 aliphatic carbocycles. The van der Waals surface area contributed by atoms with Crippen LogP contribution in [0, 0.1) is 0 Å². The molecule has 0 aromatic heterocycles. The van der Waals surface area contributed by atoms with E-state index in [4.69, 9.17) is 0 Å². The first-order valence-corrected chi connectivity index (χ1v) is 7.97. The molecule has 20 heavy (non-hydrogen) atoms. The molecule has 0 bridgehead atoms. The lowest BCUT2D eigenvalue weighted by Gasteiger charge is -2.41. The van der Waals surface area contributed by atoms with Crippen LogP contribution in [0.5, 0.6) is 0 Å². The van der Waals surface area contributed by atoms with Crippen molar-refractivity contribution in [2.45, 2.75) is 45.2 Å². The van der Waals surface area contributed by atoms with Gasteiger partial charge < -0.3 is 5.32 Å². The lowest BCUT2D eigenvalue weighted by molar-refractivity contribution is 0.0812. The summed E-state index contributed by atoms with van der Waals surface area (Å²) < 4.78 is 0.938. The Hall–Kier alpha value is -0.870. The molecule has 1 heterocycles. The van der Waals surface area contributed by atoms with Crippen molar-refractivity contribution in [2.24, 2.45) is 0 Å². The topological polar surface area (TPSA) is 32.3 Å². The molecule has 3 nitrogen and oxygen atoms in total. The average molecular weight is 339 g/mol. The standard InChI is InChI=1S/C16H23BrN2O/c1-16(2,3)19-9-7-14(8-10-19)18-15(20)12-5-4-6-13(17)11-12/h4-6,11,14H,7-10H2,1-3H3,(H,18,20). The van der Waals surface area contributed by atoms with E-state index in [1.807, 2.05) is 24.3 Å². The van der Waals surface area contributed by atoms with Gasteiger partial charge in [0.05, 0.1) is 0 Å². The van der Waals surface area contributed by atoms with E-state index in [1.165, 1.54) is 0 Å². The molecular formula is C16H23BrN2O. The Morgan fingerprint density at radius 2 is 1.95 bits per heavy atom. The fourth-order valence-corrected chi connectivity index (χ4v) is 2.99. The minimum Gasteiger partial charge on any atom is -0.349 e. The minimum atomic E-state index is 0.0282. The van der Waals surface area contributed by atoms with Gasteiger partial charge in [0.25, 0.3) is 5.91 Å². The number of carbonyl (C=O) groups is 1. The molecule has 0 radical (unpaired) electrons. The summed E-state index contributed by atoms with van der Waals surface area (Å²) in [5.74, 6) is 0.0282. The first kappa shape index (κ1) is 15.5. The fourth-order valence-electron chi connectivity index (χ4n) is 2.59. The number of benzene rings is 1. The molecule has 1 aliphatic rings.